The molecule has 0 radical (unpaired) electrons. The molecule has 1 aromatic rings. The van der Waals surface area contributed by atoms with Crippen LogP contribution in [0.15, 0.2) is 42.0 Å². The highest BCUT2D eigenvalue weighted by atomic mass is 19.4. The normalized spacial score (nSPS) is 21.7. The lowest BCUT2D eigenvalue weighted by Gasteiger charge is -2.41. The number of carbonyl (C=O) groups is 3. The van der Waals surface area contributed by atoms with Crippen molar-refractivity contribution in [3.8, 4) is 0 Å². The van der Waals surface area contributed by atoms with E-state index in [-0.39, 0.29) is 17.8 Å². The van der Waals surface area contributed by atoms with Crippen molar-refractivity contribution in [3.05, 3.63) is 47.6 Å². The van der Waals surface area contributed by atoms with Gasteiger partial charge in [0.25, 0.3) is 5.91 Å². The Morgan fingerprint density at radius 2 is 2.09 bits per heavy atom. The van der Waals surface area contributed by atoms with Gasteiger partial charge in [-0.3, -0.25) is 19.8 Å². The molecular weight excluding hydrogens is 467 g/mol. The molecule has 3 aliphatic heterocycles. The van der Waals surface area contributed by atoms with Gasteiger partial charge in [0.2, 0.25) is 5.91 Å². The molecule has 188 valence electrons. The summed E-state index contributed by atoms with van der Waals surface area (Å²) >= 11 is 0. The Balaban J connectivity index is 1.53. The number of nitrogens with one attached hydrogen (secondary N) is 4. The molecule has 13 heteroatoms. The summed E-state index contributed by atoms with van der Waals surface area (Å²) < 4.78 is 38.7. The molecule has 4 amide bonds. The monoisotopic (exact) mass is 493 g/mol. The molecule has 1 fully saturated rings. The highest BCUT2D eigenvalue weighted by Gasteiger charge is 2.43. The van der Waals surface area contributed by atoms with E-state index in [9.17, 15) is 27.6 Å². The predicted octanol–water partition coefficient (Wildman–Crippen LogP) is 1.52. The average molecular weight is 493 g/mol. The van der Waals surface area contributed by atoms with Crippen LogP contribution in [0.4, 0.5) is 23.8 Å². The van der Waals surface area contributed by atoms with Crippen LogP contribution in [0.1, 0.15) is 30.6 Å². The third-order valence-corrected chi connectivity index (χ3v) is 6.04. The third kappa shape index (κ3) is 5.03. The lowest BCUT2D eigenvalue weighted by Crippen LogP contribution is -2.57. The van der Waals surface area contributed by atoms with Gasteiger partial charge in [0, 0.05) is 31.4 Å². The minimum Gasteiger partial charge on any atom is -0.366 e. The maximum absolute atomic E-state index is 13.3. The highest BCUT2D eigenvalue weighted by Crippen LogP contribution is 2.33. The topological polar surface area (TPSA) is 119 Å². The number of halogens is 3. The Bertz CT molecular complexity index is 1090. The number of aromatic nitrogens is 1. The summed E-state index contributed by atoms with van der Waals surface area (Å²) in [6, 6.07) is -0.879. The number of amides is 4. The largest absolute Gasteiger partial charge is 0.408 e. The number of rotatable bonds is 5. The van der Waals surface area contributed by atoms with Gasteiger partial charge in [-0.25, -0.2) is 9.78 Å². The molecule has 1 aromatic heterocycles. The summed E-state index contributed by atoms with van der Waals surface area (Å²) in [4.78, 5) is 45.6. The molecule has 35 heavy (non-hydrogen) atoms. The van der Waals surface area contributed by atoms with Crippen LogP contribution in [0.25, 0.3) is 0 Å². The van der Waals surface area contributed by atoms with Gasteiger partial charge in [-0.15, -0.1) is 0 Å². The van der Waals surface area contributed by atoms with Crippen molar-refractivity contribution >= 4 is 23.7 Å². The number of hydrogen-bond donors (Lipinski definition) is 4. The van der Waals surface area contributed by atoms with Gasteiger partial charge >= 0.3 is 12.2 Å². The molecule has 0 aliphatic carbocycles. The Morgan fingerprint density at radius 3 is 2.80 bits per heavy atom. The third-order valence-electron chi connectivity index (χ3n) is 6.04. The zero-order valence-corrected chi connectivity index (χ0v) is 19.1. The van der Waals surface area contributed by atoms with Crippen molar-refractivity contribution in [3.63, 3.8) is 0 Å². The number of alkyl halides is 3. The van der Waals surface area contributed by atoms with E-state index in [2.05, 4.69) is 20.9 Å². The molecule has 3 aliphatic rings. The molecule has 10 nitrogen and oxygen atoms in total. The maximum atomic E-state index is 13.3. The Morgan fingerprint density at radius 1 is 1.31 bits per heavy atom. The van der Waals surface area contributed by atoms with E-state index in [1.54, 1.807) is 13.0 Å². The summed E-state index contributed by atoms with van der Waals surface area (Å²) in [5.74, 6) is -0.664. The predicted molar refractivity (Wildman–Crippen MR) is 120 cm³/mol. The van der Waals surface area contributed by atoms with Crippen LogP contribution in [0.2, 0.25) is 0 Å². The first-order valence-corrected chi connectivity index (χ1v) is 11.2. The number of fused-ring (bicyclic) bond motifs is 3. The Hall–Kier alpha value is -3.77. The van der Waals surface area contributed by atoms with Crippen LogP contribution in [-0.2, 0) is 4.79 Å². The van der Waals surface area contributed by atoms with Gasteiger partial charge in [0.05, 0.1) is 11.7 Å². The van der Waals surface area contributed by atoms with Crippen molar-refractivity contribution < 1.29 is 27.6 Å². The zero-order chi connectivity index (χ0) is 25.3. The molecular formula is C22H26F3N7O3. The van der Waals surface area contributed by atoms with Crippen molar-refractivity contribution in [2.75, 3.05) is 25.0 Å². The molecule has 1 saturated heterocycles. The molecule has 3 atom stereocenters. The van der Waals surface area contributed by atoms with E-state index < -0.39 is 30.2 Å². The van der Waals surface area contributed by atoms with Crippen LogP contribution in [0, 0.1) is 0 Å². The Kier molecular flexibility index (Phi) is 6.59. The fourth-order valence-electron chi connectivity index (χ4n) is 4.22. The molecule has 0 aromatic carbocycles. The number of anilines is 1. The van der Waals surface area contributed by atoms with Crippen molar-refractivity contribution in [2.45, 2.75) is 44.6 Å². The van der Waals surface area contributed by atoms with Gasteiger partial charge in [0.15, 0.2) is 0 Å². The van der Waals surface area contributed by atoms with Gasteiger partial charge in [-0.1, -0.05) is 6.08 Å². The quantitative estimate of drug-likeness (QED) is 0.494. The molecule has 4 heterocycles. The van der Waals surface area contributed by atoms with Gasteiger partial charge in [-0.05, 0) is 38.5 Å². The average Bonchev–Trinajstić information content (AvgIpc) is 3.22. The van der Waals surface area contributed by atoms with E-state index >= 15 is 0 Å². The standard InChI is InChI=1S/C22H26F3N7O3/c1-3-26-19(33)13-6-8-27-17(10-13)30-21(35)32-14-7-9-31(11-14)16-5-4-15(29-18(16)32)20(34)28-12(2)22(23,24)25/h4-6,8,10,12,14-15,29H,3,7,9,11H2,1-2H3,(H,26,33)(H,28,34)(H,27,30,35)/t12-,14+,15?/m1/s1. The fourth-order valence-corrected chi connectivity index (χ4v) is 4.22. The first kappa shape index (κ1) is 24.4. The maximum Gasteiger partial charge on any atom is 0.408 e. The number of carbonyl (C=O) groups excluding carboxylic acids is 3. The number of dihydropyridines is 1. The molecule has 2 bridgehead atoms. The second-order valence-electron chi connectivity index (χ2n) is 8.46. The van der Waals surface area contributed by atoms with Crippen molar-refractivity contribution in [1.82, 2.24) is 30.7 Å². The smallest absolute Gasteiger partial charge is 0.366 e. The minimum absolute atomic E-state index is 0.168. The van der Waals surface area contributed by atoms with Crippen LogP contribution in [0.3, 0.4) is 0 Å². The first-order valence-electron chi connectivity index (χ1n) is 11.2. The SMILES string of the molecule is CCNC(=O)c1ccnc(NC(=O)N2C3=C(C=CC(C(=O)N[C@H](C)C(F)(F)F)N3)N3CC[C@H]2C3)c1. The number of nitrogens with zero attached hydrogens (tertiary/aromatic N) is 3. The number of pyridine rings is 1. The molecule has 0 spiro atoms. The molecule has 1 unspecified atom stereocenters. The summed E-state index contributed by atoms with van der Waals surface area (Å²) in [7, 11) is 0. The zero-order valence-electron chi connectivity index (χ0n) is 19.1. The van der Waals surface area contributed by atoms with Crippen LogP contribution in [-0.4, -0.2) is 76.6 Å². The van der Waals surface area contributed by atoms with E-state index in [1.165, 1.54) is 29.3 Å². The van der Waals surface area contributed by atoms with Crippen molar-refractivity contribution in [1.29, 1.82) is 0 Å². The van der Waals surface area contributed by atoms with Crippen molar-refractivity contribution in [2.24, 2.45) is 0 Å². The number of allylic oxidation sites excluding steroid dienone is 1. The minimum atomic E-state index is -4.57. The summed E-state index contributed by atoms with van der Waals surface area (Å²) in [6.07, 6.45) is 0.621. The van der Waals surface area contributed by atoms with E-state index in [0.717, 1.165) is 6.92 Å². The van der Waals surface area contributed by atoms with Gasteiger partial charge in [-0.2, -0.15) is 13.2 Å². The lowest BCUT2D eigenvalue weighted by atomic mass is 10.1. The summed E-state index contributed by atoms with van der Waals surface area (Å²) in [6.45, 7) is 4.36. The lowest BCUT2D eigenvalue weighted by molar-refractivity contribution is -0.158. The van der Waals surface area contributed by atoms with E-state index in [0.29, 0.717) is 43.1 Å². The molecule has 4 N–H and O–H groups in total. The van der Waals surface area contributed by atoms with E-state index in [1.807, 2.05) is 10.2 Å². The molecule has 0 saturated carbocycles. The van der Waals surface area contributed by atoms with Crippen LogP contribution < -0.4 is 21.3 Å². The van der Waals surface area contributed by atoms with Gasteiger partial charge in [0.1, 0.15) is 23.7 Å². The second kappa shape index (κ2) is 9.47. The van der Waals surface area contributed by atoms with E-state index in [4.69, 9.17) is 0 Å². The fraction of sp³-hybridized carbons (Fsp3) is 0.455. The van der Waals surface area contributed by atoms with Crippen LogP contribution in [0.5, 0.6) is 0 Å². The van der Waals surface area contributed by atoms with Gasteiger partial charge < -0.3 is 20.9 Å². The Labute approximate surface area is 199 Å². The summed E-state index contributed by atoms with van der Waals surface area (Å²) in [5.41, 5.74) is 1.00. The first-order chi connectivity index (χ1) is 16.6. The number of urea groups is 1. The summed E-state index contributed by atoms with van der Waals surface area (Å²) in [5, 5.41) is 10.2. The second-order valence-corrected chi connectivity index (χ2v) is 8.46. The molecule has 4 rings (SSSR count). The van der Waals surface area contributed by atoms with Crippen LogP contribution >= 0.6 is 0 Å². The highest BCUT2D eigenvalue weighted by molar-refractivity contribution is 5.96. The number of hydrogen-bond acceptors (Lipinski definition) is 6.